The van der Waals surface area contributed by atoms with Crippen LogP contribution < -0.4 is 5.32 Å². The quantitative estimate of drug-likeness (QED) is 0.727. The van der Waals surface area contributed by atoms with Gasteiger partial charge in [0.2, 0.25) is 10.0 Å². The minimum absolute atomic E-state index is 0.0393. The molecule has 0 heterocycles. The minimum Gasteiger partial charge on any atom is -0.351 e. The van der Waals surface area contributed by atoms with Crippen molar-refractivity contribution in [3.8, 4) is 0 Å². The molecule has 4 bridgehead atoms. The molecule has 4 aliphatic carbocycles. The van der Waals surface area contributed by atoms with Crippen molar-refractivity contribution >= 4 is 15.9 Å². The topological polar surface area (TPSA) is 66.5 Å². The third-order valence-electron chi connectivity index (χ3n) is 7.31. The maximum absolute atomic E-state index is 14.4. The highest BCUT2D eigenvalue weighted by atomic mass is 32.2. The lowest BCUT2D eigenvalue weighted by Gasteiger charge is -2.56. The van der Waals surface area contributed by atoms with Gasteiger partial charge in [-0.05, 0) is 79.9 Å². The van der Waals surface area contributed by atoms with E-state index in [-0.39, 0.29) is 15.9 Å². The van der Waals surface area contributed by atoms with E-state index < -0.39 is 21.7 Å². The van der Waals surface area contributed by atoms with Gasteiger partial charge in [0.25, 0.3) is 5.91 Å². The van der Waals surface area contributed by atoms with E-state index in [0.29, 0.717) is 19.6 Å². The normalized spacial score (nSPS) is 30.7. The Morgan fingerprint density at radius 1 is 1.10 bits per heavy atom. The fourth-order valence-corrected chi connectivity index (χ4v) is 7.91. The number of carbonyl (C=O) groups is 1. The number of rotatable bonds is 7. The Morgan fingerprint density at radius 2 is 1.66 bits per heavy atom. The Bertz CT molecular complexity index is 860. The Hall–Kier alpha value is -1.47. The molecular weight excluding hydrogens is 391 g/mol. The molecule has 0 radical (unpaired) electrons. The van der Waals surface area contributed by atoms with Crippen LogP contribution in [0.2, 0.25) is 0 Å². The van der Waals surface area contributed by atoms with Crippen LogP contribution in [0, 0.1) is 29.0 Å². The lowest BCUT2D eigenvalue weighted by Crippen LogP contribution is -2.51. The van der Waals surface area contributed by atoms with Crippen LogP contribution in [-0.4, -0.2) is 38.3 Å². The lowest BCUT2D eigenvalue weighted by atomic mass is 9.49. The summed E-state index contributed by atoms with van der Waals surface area (Å²) in [5.74, 6) is 1.12. The summed E-state index contributed by atoms with van der Waals surface area (Å²) >= 11 is 0. The van der Waals surface area contributed by atoms with Gasteiger partial charge in [-0.15, -0.1) is 0 Å². The van der Waals surface area contributed by atoms with Crippen LogP contribution in [-0.2, 0) is 10.0 Å². The average molecular weight is 423 g/mol. The van der Waals surface area contributed by atoms with Gasteiger partial charge in [-0.3, -0.25) is 4.79 Å². The SMILES string of the molecule is CCN(CC)S(=O)(=O)c1ccc(F)c(C(=O)NCC23CC4CC(CC(C4)C2)C3)c1. The number of hydrogen-bond acceptors (Lipinski definition) is 3. The van der Waals surface area contributed by atoms with E-state index in [2.05, 4.69) is 5.32 Å². The molecule has 4 fully saturated rings. The van der Waals surface area contributed by atoms with Crippen molar-refractivity contribution in [2.24, 2.45) is 23.2 Å². The first-order chi connectivity index (χ1) is 13.8. The molecule has 0 saturated heterocycles. The molecule has 0 unspecified atom stereocenters. The molecule has 1 N–H and O–H groups in total. The molecule has 0 spiro atoms. The molecule has 1 aromatic rings. The van der Waals surface area contributed by atoms with Gasteiger partial charge < -0.3 is 5.32 Å². The molecule has 0 aliphatic heterocycles. The minimum atomic E-state index is -3.74. The molecule has 4 aliphatic rings. The molecule has 7 heteroatoms. The molecule has 0 aromatic heterocycles. The van der Waals surface area contributed by atoms with Crippen molar-refractivity contribution < 1.29 is 17.6 Å². The number of carbonyl (C=O) groups excluding carboxylic acids is 1. The van der Waals surface area contributed by atoms with E-state index in [1.807, 2.05) is 0 Å². The first-order valence-electron chi connectivity index (χ1n) is 10.8. The number of nitrogens with one attached hydrogen (secondary N) is 1. The summed E-state index contributed by atoms with van der Waals surface area (Å²) in [6, 6.07) is 3.49. The van der Waals surface area contributed by atoms with Crippen LogP contribution >= 0.6 is 0 Å². The standard InChI is InChI=1S/C22H31FN2O3S/c1-3-25(4-2)29(27,28)18-5-6-20(23)19(10-18)21(26)24-14-22-11-15-7-16(12-22)9-17(8-15)13-22/h5-6,10,15-17H,3-4,7-9,11-14H2,1-2H3,(H,24,26). The molecule has 5 rings (SSSR count). The molecule has 4 saturated carbocycles. The summed E-state index contributed by atoms with van der Waals surface area (Å²) in [6.07, 6.45) is 7.43. The van der Waals surface area contributed by atoms with Crippen LogP contribution in [0.1, 0.15) is 62.7 Å². The highest BCUT2D eigenvalue weighted by Gasteiger charge is 2.50. The zero-order valence-electron chi connectivity index (χ0n) is 17.3. The molecule has 29 heavy (non-hydrogen) atoms. The Morgan fingerprint density at radius 3 is 2.17 bits per heavy atom. The smallest absolute Gasteiger partial charge is 0.254 e. The second kappa shape index (κ2) is 7.65. The van der Waals surface area contributed by atoms with Gasteiger partial charge in [0.15, 0.2) is 0 Å². The number of nitrogens with zero attached hydrogens (tertiary/aromatic N) is 1. The Balaban J connectivity index is 1.50. The predicted molar refractivity (Wildman–Crippen MR) is 109 cm³/mol. The van der Waals surface area contributed by atoms with E-state index in [1.54, 1.807) is 13.8 Å². The fourth-order valence-electron chi connectivity index (χ4n) is 6.42. The number of benzene rings is 1. The summed E-state index contributed by atoms with van der Waals surface area (Å²) in [7, 11) is -3.74. The molecular formula is C22H31FN2O3S. The molecule has 160 valence electrons. The maximum atomic E-state index is 14.4. The van der Waals surface area contributed by atoms with Crippen molar-refractivity contribution in [3.63, 3.8) is 0 Å². The monoisotopic (exact) mass is 422 g/mol. The van der Waals surface area contributed by atoms with E-state index in [4.69, 9.17) is 0 Å². The first-order valence-corrected chi connectivity index (χ1v) is 12.3. The lowest BCUT2D eigenvalue weighted by molar-refractivity contribution is -0.0503. The van der Waals surface area contributed by atoms with Crippen LogP contribution in [0.4, 0.5) is 4.39 Å². The summed E-state index contributed by atoms with van der Waals surface area (Å²) in [5, 5.41) is 2.95. The van der Waals surface area contributed by atoms with Gasteiger partial charge in [0, 0.05) is 19.6 Å². The number of hydrogen-bond donors (Lipinski definition) is 1. The fraction of sp³-hybridized carbons (Fsp3) is 0.682. The molecule has 1 amide bonds. The predicted octanol–water partition coefficient (Wildman–Crippen LogP) is 3.80. The van der Waals surface area contributed by atoms with Crippen molar-refractivity contribution in [2.75, 3.05) is 19.6 Å². The first kappa shape index (κ1) is 20.8. The summed E-state index contributed by atoms with van der Waals surface area (Å²) in [4.78, 5) is 12.7. The largest absolute Gasteiger partial charge is 0.351 e. The summed E-state index contributed by atoms with van der Waals surface area (Å²) < 4.78 is 41.2. The molecule has 5 nitrogen and oxygen atoms in total. The van der Waals surface area contributed by atoms with Gasteiger partial charge in [0.1, 0.15) is 5.82 Å². The van der Waals surface area contributed by atoms with Gasteiger partial charge >= 0.3 is 0 Å². The number of halogens is 1. The summed E-state index contributed by atoms with van der Waals surface area (Å²) in [5.41, 5.74) is -0.0471. The van der Waals surface area contributed by atoms with Crippen LogP contribution in [0.5, 0.6) is 0 Å². The molecule has 1 aromatic carbocycles. The van der Waals surface area contributed by atoms with E-state index in [0.717, 1.165) is 43.1 Å². The van der Waals surface area contributed by atoms with E-state index in [9.17, 15) is 17.6 Å². The van der Waals surface area contributed by atoms with E-state index in [1.165, 1.54) is 35.7 Å². The van der Waals surface area contributed by atoms with Crippen molar-refractivity contribution in [2.45, 2.75) is 57.3 Å². The van der Waals surface area contributed by atoms with Crippen LogP contribution in [0.3, 0.4) is 0 Å². The van der Waals surface area contributed by atoms with Crippen molar-refractivity contribution in [3.05, 3.63) is 29.6 Å². The Kier molecular flexibility index (Phi) is 5.49. The van der Waals surface area contributed by atoms with Gasteiger partial charge in [-0.1, -0.05) is 13.8 Å². The summed E-state index contributed by atoms with van der Waals surface area (Å²) in [6.45, 7) is 4.71. The van der Waals surface area contributed by atoms with Gasteiger partial charge in [-0.25, -0.2) is 12.8 Å². The second-order valence-corrected chi connectivity index (χ2v) is 11.3. The third kappa shape index (κ3) is 3.83. The Labute approximate surface area is 173 Å². The number of sulfonamides is 1. The zero-order valence-corrected chi connectivity index (χ0v) is 18.1. The third-order valence-corrected chi connectivity index (χ3v) is 9.36. The average Bonchev–Trinajstić information content (AvgIpc) is 2.66. The van der Waals surface area contributed by atoms with Gasteiger partial charge in [0.05, 0.1) is 10.5 Å². The van der Waals surface area contributed by atoms with Crippen molar-refractivity contribution in [1.29, 1.82) is 0 Å². The maximum Gasteiger partial charge on any atom is 0.254 e. The highest BCUT2D eigenvalue weighted by Crippen LogP contribution is 2.59. The molecule has 0 atom stereocenters. The highest BCUT2D eigenvalue weighted by molar-refractivity contribution is 7.89. The second-order valence-electron chi connectivity index (χ2n) is 9.33. The van der Waals surface area contributed by atoms with Gasteiger partial charge in [-0.2, -0.15) is 4.31 Å². The number of amides is 1. The van der Waals surface area contributed by atoms with Crippen LogP contribution in [0.15, 0.2) is 23.1 Å². The zero-order chi connectivity index (χ0) is 20.8. The van der Waals surface area contributed by atoms with Crippen molar-refractivity contribution in [1.82, 2.24) is 9.62 Å². The van der Waals surface area contributed by atoms with E-state index >= 15 is 0 Å². The van der Waals surface area contributed by atoms with Crippen LogP contribution in [0.25, 0.3) is 0 Å².